The molecular weight excluding hydrogens is 502 g/mol. The fourth-order valence-electron chi connectivity index (χ4n) is 5.47. The Morgan fingerprint density at radius 2 is 0.951 bits per heavy atom. The second kappa shape index (κ2) is 10.5. The molecule has 0 spiro atoms. The molecule has 198 valence electrons. The van der Waals surface area contributed by atoms with Crippen LogP contribution in [0.2, 0.25) is 0 Å². The lowest BCUT2D eigenvalue weighted by Gasteiger charge is -2.11. The fourth-order valence-corrected chi connectivity index (χ4v) is 5.47. The second-order valence-corrected chi connectivity index (χ2v) is 10.2. The van der Waals surface area contributed by atoms with Crippen LogP contribution in [0, 0.1) is 0 Å². The van der Waals surface area contributed by atoms with Gasteiger partial charge in [-0.25, -0.2) is 15.0 Å². The summed E-state index contributed by atoms with van der Waals surface area (Å²) >= 11 is 0. The van der Waals surface area contributed by atoms with Gasteiger partial charge in [-0.1, -0.05) is 92.7 Å². The van der Waals surface area contributed by atoms with Crippen LogP contribution in [0.15, 0.2) is 120 Å². The van der Waals surface area contributed by atoms with E-state index >= 15 is 0 Å². The summed E-state index contributed by atoms with van der Waals surface area (Å²) in [5.74, 6) is 0.653. The molecule has 0 saturated carbocycles. The summed E-state index contributed by atoms with van der Waals surface area (Å²) in [5, 5.41) is 0. The van der Waals surface area contributed by atoms with Crippen LogP contribution in [-0.2, 0) is 12.8 Å². The van der Waals surface area contributed by atoms with Crippen molar-refractivity contribution < 1.29 is 4.42 Å². The van der Waals surface area contributed by atoms with E-state index in [0.29, 0.717) is 5.89 Å². The van der Waals surface area contributed by atoms with Gasteiger partial charge < -0.3 is 4.42 Å². The zero-order valence-electron chi connectivity index (χ0n) is 23.1. The van der Waals surface area contributed by atoms with Crippen molar-refractivity contribution in [3.05, 3.63) is 126 Å². The number of aryl methyl sites for hydroxylation is 2. The molecule has 0 amide bonds. The summed E-state index contributed by atoms with van der Waals surface area (Å²) in [6.07, 6.45) is 1.99. The van der Waals surface area contributed by atoms with Gasteiger partial charge in [-0.15, -0.1) is 0 Å². The first-order valence-electron chi connectivity index (χ1n) is 14.2. The lowest BCUT2D eigenvalue weighted by Crippen LogP contribution is -1.95. The van der Waals surface area contributed by atoms with Crippen molar-refractivity contribution in [1.82, 2.24) is 15.0 Å². The molecule has 0 atom stereocenters. The first-order chi connectivity index (χ1) is 20.2. The van der Waals surface area contributed by atoms with Crippen molar-refractivity contribution in [1.29, 1.82) is 0 Å². The molecule has 0 aliphatic heterocycles. The lowest BCUT2D eigenvalue weighted by atomic mass is 9.99. The van der Waals surface area contributed by atoms with E-state index in [-0.39, 0.29) is 0 Å². The number of para-hydroxylation sites is 2. The largest absolute Gasteiger partial charge is 0.436 e. The Kier molecular flexibility index (Phi) is 6.36. The molecule has 5 aromatic carbocycles. The van der Waals surface area contributed by atoms with E-state index in [1.807, 2.05) is 42.5 Å². The van der Waals surface area contributed by atoms with Crippen molar-refractivity contribution in [3.63, 3.8) is 0 Å². The molecule has 4 nitrogen and oxygen atoms in total. The van der Waals surface area contributed by atoms with Crippen molar-refractivity contribution in [2.75, 3.05) is 0 Å². The number of fused-ring (bicyclic) bond motifs is 2. The Morgan fingerprint density at radius 3 is 1.54 bits per heavy atom. The van der Waals surface area contributed by atoms with E-state index in [4.69, 9.17) is 19.4 Å². The Hall–Kier alpha value is -5.09. The monoisotopic (exact) mass is 531 g/mol. The number of nitrogens with zero attached hydrogens (tertiary/aromatic N) is 3. The highest BCUT2D eigenvalue weighted by Gasteiger charge is 2.14. The van der Waals surface area contributed by atoms with Crippen LogP contribution >= 0.6 is 0 Å². The number of hydrogen-bond donors (Lipinski definition) is 0. The van der Waals surface area contributed by atoms with Gasteiger partial charge in [-0.2, -0.15) is 0 Å². The zero-order valence-corrected chi connectivity index (χ0v) is 23.1. The van der Waals surface area contributed by atoms with Gasteiger partial charge in [-0.3, -0.25) is 0 Å². The molecule has 41 heavy (non-hydrogen) atoms. The Morgan fingerprint density at radius 1 is 0.463 bits per heavy atom. The molecule has 7 aromatic rings. The van der Waals surface area contributed by atoms with Crippen molar-refractivity contribution in [2.24, 2.45) is 0 Å². The number of benzene rings is 5. The average Bonchev–Trinajstić information content (AvgIpc) is 3.47. The summed E-state index contributed by atoms with van der Waals surface area (Å²) in [5.41, 5.74) is 13.3. The molecule has 0 radical (unpaired) electrons. The van der Waals surface area contributed by atoms with Gasteiger partial charge in [0, 0.05) is 16.7 Å². The maximum absolute atomic E-state index is 6.16. The average molecular weight is 532 g/mol. The first-order valence-corrected chi connectivity index (χ1v) is 14.2. The predicted octanol–water partition coefficient (Wildman–Crippen LogP) is 9.56. The van der Waals surface area contributed by atoms with Crippen LogP contribution in [0.25, 0.3) is 67.2 Å². The molecular formula is C37H29N3O. The first kappa shape index (κ1) is 24.9. The zero-order chi connectivity index (χ0) is 27.8. The number of rotatable bonds is 6. The molecule has 0 saturated heterocycles. The molecule has 0 fully saturated rings. The van der Waals surface area contributed by atoms with E-state index < -0.39 is 0 Å². The fraction of sp³-hybridized carbons (Fsp3) is 0.108. The van der Waals surface area contributed by atoms with Gasteiger partial charge in [-0.05, 0) is 71.5 Å². The topological polar surface area (TPSA) is 51.8 Å². The Balaban J connectivity index is 1.20. The van der Waals surface area contributed by atoms with Gasteiger partial charge in [0.15, 0.2) is 5.58 Å². The van der Waals surface area contributed by atoms with E-state index in [2.05, 4.69) is 86.6 Å². The predicted molar refractivity (Wildman–Crippen MR) is 168 cm³/mol. The maximum atomic E-state index is 6.16. The summed E-state index contributed by atoms with van der Waals surface area (Å²) in [4.78, 5) is 14.8. The summed E-state index contributed by atoms with van der Waals surface area (Å²) in [6, 6.07) is 39.6. The third-order valence-electron chi connectivity index (χ3n) is 7.71. The van der Waals surface area contributed by atoms with Crippen molar-refractivity contribution in [3.8, 4) is 45.1 Å². The van der Waals surface area contributed by atoms with E-state index in [9.17, 15) is 0 Å². The number of hydrogen-bond acceptors (Lipinski definition) is 4. The highest BCUT2D eigenvalue weighted by Crippen LogP contribution is 2.33. The summed E-state index contributed by atoms with van der Waals surface area (Å²) in [6.45, 7) is 4.37. The molecule has 4 heteroatoms. The highest BCUT2D eigenvalue weighted by molar-refractivity contribution is 5.87. The number of aromatic nitrogens is 3. The van der Waals surface area contributed by atoms with Crippen molar-refractivity contribution in [2.45, 2.75) is 26.7 Å². The van der Waals surface area contributed by atoms with Crippen LogP contribution in [-0.4, -0.2) is 15.0 Å². The van der Waals surface area contributed by atoms with Gasteiger partial charge >= 0.3 is 0 Å². The smallest absolute Gasteiger partial charge is 0.227 e. The van der Waals surface area contributed by atoms with E-state index in [0.717, 1.165) is 74.2 Å². The molecule has 0 N–H and O–H groups in total. The van der Waals surface area contributed by atoms with Crippen LogP contribution in [0.4, 0.5) is 0 Å². The standard InChI is InChI=1S/C37H29N3O/c1-3-24-22-33-34(23-25(24)4-2)41-37(40-33)30-20-16-27(17-21-30)26-14-18-29(19-15-26)36-35(28-10-6-5-7-11-28)38-31-12-8-9-13-32(31)39-36/h5-23H,3-4H2,1-2H3. The Labute approximate surface area is 239 Å². The van der Waals surface area contributed by atoms with Crippen LogP contribution in [0.5, 0.6) is 0 Å². The maximum Gasteiger partial charge on any atom is 0.227 e. The molecule has 7 rings (SSSR count). The number of oxazole rings is 1. The molecule has 2 heterocycles. The highest BCUT2D eigenvalue weighted by atomic mass is 16.3. The minimum absolute atomic E-state index is 0.653. The molecule has 0 bridgehead atoms. The van der Waals surface area contributed by atoms with E-state index in [1.165, 1.54) is 11.1 Å². The SMILES string of the molecule is CCc1cc2nc(-c3ccc(-c4ccc(-c5nc6ccccc6nc5-c5ccccc5)cc4)cc3)oc2cc1CC. The minimum atomic E-state index is 0.653. The lowest BCUT2D eigenvalue weighted by molar-refractivity contribution is 0.619. The second-order valence-electron chi connectivity index (χ2n) is 10.2. The van der Waals surface area contributed by atoms with Crippen LogP contribution in [0.3, 0.4) is 0 Å². The molecule has 0 aliphatic rings. The van der Waals surface area contributed by atoms with Crippen LogP contribution in [0.1, 0.15) is 25.0 Å². The molecule has 0 unspecified atom stereocenters. The minimum Gasteiger partial charge on any atom is -0.436 e. The van der Waals surface area contributed by atoms with Crippen molar-refractivity contribution >= 4 is 22.1 Å². The molecule has 2 aromatic heterocycles. The van der Waals surface area contributed by atoms with Gasteiger partial charge in [0.25, 0.3) is 0 Å². The third-order valence-corrected chi connectivity index (χ3v) is 7.71. The molecule has 0 aliphatic carbocycles. The van der Waals surface area contributed by atoms with Gasteiger partial charge in [0.1, 0.15) is 5.52 Å². The summed E-state index contributed by atoms with van der Waals surface area (Å²) in [7, 11) is 0. The summed E-state index contributed by atoms with van der Waals surface area (Å²) < 4.78 is 6.16. The third kappa shape index (κ3) is 4.68. The van der Waals surface area contributed by atoms with E-state index in [1.54, 1.807) is 0 Å². The van der Waals surface area contributed by atoms with Crippen LogP contribution < -0.4 is 0 Å². The quantitative estimate of drug-likeness (QED) is 0.214. The van der Waals surface area contributed by atoms with Gasteiger partial charge in [0.2, 0.25) is 5.89 Å². The normalized spacial score (nSPS) is 11.4. The Bertz CT molecular complexity index is 1950. The van der Waals surface area contributed by atoms with Gasteiger partial charge in [0.05, 0.1) is 22.4 Å².